The molecule has 0 aliphatic carbocycles. The van der Waals surface area contributed by atoms with Gasteiger partial charge < -0.3 is 5.73 Å². The van der Waals surface area contributed by atoms with Gasteiger partial charge in [0.15, 0.2) is 0 Å². The summed E-state index contributed by atoms with van der Waals surface area (Å²) in [5.74, 6) is -0.282. The van der Waals surface area contributed by atoms with E-state index in [-0.39, 0.29) is 17.9 Å². The van der Waals surface area contributed by atoms with E-state index >= 15 is 0 Å². The van der Waals surface area contributed by atoms with Crippen LogP contribution in [0.5, 0.6) is 0 Å². The molecule has 5 heteroatoms. The number of hydrogen-bond acceptors (Lipinski definition) is 2. The Balaban J connectivity index is 2.41. The lowest BCUT2D eigenvalue weighted by Crippen LogP contribution is -2.19. The van der Waals surface area contributed by atoms with E-state index in [4.69, 9.17) is 5.73 Å². The van der Waals surface area contributed by atoms with Crippen molar-refractivity contribution in [3.05, 3.63) is 52.0 Å². The molecule has 1 heterocycles. The first-order chi connectivity index (χ1) is 8.50. The fourth-order valence-corrected chi connectivity index (χ4v) is 2.51. The molecule has 0 spiro atoms. The Bertz CT molecular complexity index is 551. The number of halogens is 2. The van der Waals surface area contributed by atoms with Gasteiger partial charge in [-0.2, -0.15) is 5.10 Å². The van der Waals surface area contributed by atoms with Gasteiger partial charge in [0.1, 0.15) is 5.82 Å². The number of nitrogens with zero attached hydrogens (tertiary/aromatic N) is 2. The normalized spacial score (nSPS) is 13.0. The summed E-state index contributed by atoms with van der Waals surface area (Å²) in [6.45, 7) is 4.09. The number of nitrogens with two attached hydrogens (primary N) is 1. The molecule has 2 N–H and O–H groups in total. The zero-order valence-corrected chi connectivity index (χ0v) is 11.9. The third-order valence-corrected chi connectivity index (χ3v) is 3.49. The minimum atomic E-state index is -0.329. The smallest absolute Gasteiger partial charge is 0.124 e. The molecule has 0 amide bonds. The van der Waals surface area contributed by atoms with E-state index < -0.39 is 0 Å². The summed E-state index contributed by atoms with van der Waals surface area (Å²) < 4.78 is 15.6. The Kier molecular flexibility index (Phi) is 3.82. The summed E-state index contributed by atoms with van der Waals surface area (Å²) in [6, 6.07) is 6.33. The van der Waals surface area contributed by atoms with Crippen molar-refractivity contribution in [3.63, 3.8) is 0 Å². The van der Waals surface area contributed by atoms with Crippen LogP contribution in [0.1, 0.15) is 37.2 Å². The molecule has 0 saturated heterocycles. The fraction of sp³-hybridized carbons (Fsp3) is 0.308. The zero-order chi connectivity index (χ0) is 13.3. The lowest BCUT2D eigenvalue weighted by molar-refractivity contribution is 0.499. The topological polar surface area (TPSA) is 43.8 Å². The van der Waals surface area contributed by atoms with Crippen molar-refractivity contribution < 1.29 is 4.39 Å². The van der Waals surface area contributed by atoms with Crippen molar-refractivity contribution in [1.29, 1.82) is 0 Å². The molecule has 3 nitrogen and oxygen atoms in total. The molecule has 0 radical (unpaired) electrons. The maximum absolute atomic E-state index is 13.1. The summed E-state index contributed by atoms with van der Waals surface area (Å²) >= 11 is 3.35. The number of hydrogen-bond donors (Lipinski definition) is 1. The third-order valence-electron chi connectivity index (χ3n) is 2.81. The van der Waals surface area contributed by atoms with Crippen molar-refractivity contribution in [2.24, 2.45) is 5.73 Å². The Morgan fingerprint density at radius 2 is 2.06 bits per heavy atom. The summed E-state index contributed by atoms with van der Waals surface area (Å²) in [5, 5.41) is 4.26. The van der Waals surface area contributed by atoms with Gasteiger partial charge in [0.25, 0.3) is 0 Å². The van der Waals surface area contributed by atoms with Gasteiger partial charge in [-0.1, -0.05) is 22.0 Å². The van der Waals surface area contributed by atoms with Gasteiger partial charge in [-0.3, -0.25) is 4.68 Å². The highest BCUT2D eigenvalue weighted by atomic mass is 79.9. The van der Waals surface area contributed by atoms with Crippen molar-refractivity contribution in [1.82, 2.24) is 9.78 Å². The summed E-state index contributed by atoms with van der Waals surface area (Å²) in [6.07, 6.45) is 1.73. The predicted octanol–water partition coefficient (Wildman–Crippen LogP) is 3.41. The first-order valence-electron chi connectivity index (χ1n) is 5.74. The minimum absolute atomic E-state index is 0.236. The Hall–Kier alpha value is -1.20. The molecule has 1 atom stereocenters. The van der Waals surface area contributed by atoms with Crippen LogP contribution >= 0.6 is 15.9 Å². The lowest BCUT2D eigenvalue weighted by atomic mass is 10.0. The summed E-state index contributed by atoms with van der Waals surface area (Å²) in [4.78, 5) is 0. The third kappa shape index (κ3) is 2.47. The van der Waals surface area contributed by atoms with Crippen molar-refractivity contribution >= 4 is 15.9 Å². The molecule has 1 aromatic carbocycles. The van der Waals surface area contributed by atoms with E-state index in [1.165, 1.54) is 12.1 Å². The van der Waals surface area contributed by atoms with E-state index in [1.807, 2.05) is 24.6 Å². The molecule has 0 bridgehead atoms. The second kappa shape index (κ2) is 5.20. The van der Waals surface area contributed by atoms with Crippen molar-refractivity contribution in [2.45, 2.75) is 25.9 Å². The van der Waals surface area contributed by atoms with Crippen molar-refractivity contribution in [2.75, 3.05) is 0 Å². The fourth-order valence-electron chi connectivity index (χ4n) is 1.92. The van der Waals surface area contributed by atoms with E-state index in [1.54, 1.807) is 12.3 Å². The number of rotatable bonds is 3. The molecule has 1 unspecified atom stereocenters. The largest absolute Gasteiger partial charge is 0.319 e. The lowest BCUT2D eigenvalue weighted by Gasteiger charge is -2.18. The van der Waals surface area contributed by atoms with Gasteiger partial charge in [-0.25, -0.2) is 4.39 Å². The van der Waals surface area contributed by atoms with Crippen LogP contribution in [0.4, 0.5) is 4.39 Å². The zero-order valence-electron chi connectivity index (χ0n) is 10.3. The van der Waals surface area contributed by atoms with Crippen LogP contribution in [0.2, 0.25) is 0 Å². The Labute approximate surface area is 114 Å². The van der Waals surface area contributed by atoms with E-state index in [2.05, 4.69) is 21.0 Å². The highest BCUT2D eigenvalue weighted by molar-refractivity contribution is 9.10. The first kappa shape index (κ1) is 13.2. The summed E-state index contributed by atoms with van der Waals surface area (Å²) in [7, 11) is 0. The second-order valence-electron chi connectivity index (χ2n) is 4.44. The monoisotopic (exact) mass is 311 g/mol. The van der Waals surface area contributed by atoms with Gasteiger partial charge in [-0.15, -0.1) is 0 Å². The molecule has 2 aromatic rings. The average Bonchev–Trinajstić information content (AvgIpc) is 2.77. The first-order valence-corrected chi connectivity index (χ1v) is 6.54. The van der Waals surface area contributed by atoms with Crippen LogP contribution in [-0.2, 0) is 0 Å². The molecule has 2 rings (SSSR count). The second-order valence-corrected chi connectivity index (χ2v) is 5.29. The SMILES string of the molecule is CC(C)n1nccc1C(N)c1ccc(F)cc1Br. The maximum Gasteiger partial charge on any atom is 0.124 e. The molecule has 0 fully saturated rings. The highest BCUT2D eigenvalue weighted by Gasteiger charge is 2.18. The van der Waals surface area contributed by atoms with Crippen LogP contribution in [-0.4, -0.2) is 9.78 Å². The molecule has 96 valence electrons. The highest BCUT2D eigenvalue weighted by Crippen LogP contribution is 2.28. The van der Waals surface area contributed by atoms with Crippen LogP contribution in [0.15, 0.2) is 34.9 Å². The standard InChI is InChI=1S/C13H15BrFN3/c1-8(2)18-12(5-6-17-18)13(16)10-4-3-9(15)7-11(10)14/h3-8,13H,16H2,1-2H3. The molecular formula is C13H15BrFN3. The molecule has 18 heavy (non-hydrogen) atoms. The van der Waals surface area contributed by atoms with E-state index in [0.717, 1.165) is 11.3 Å². The molecule has 0 saturated carbocycles. The Morgan fingerprint density at radius 3 is 2.67 bits per heavy atom. The van der Waals surface area contributed by atoms with Gasteiger partial charge in [0, 0.05) is 16.7 Å². The van der Waals surface area contributed by atoms with Crippen LogP contribution < -0.4 is 5.73 Å². The Morgan fingerprint density at radius 1 is 1.33 bits per heavy atom. The van der Waals surface area contributed by atoms with Crippen LogP contribution in [0.25, 0.3) is 0 Å². The number of benzene rings is 1. The van der Waals surface area contributed by atoms with Gasteiger partial charge in [-0.05, 0) is 37.6 Å². The molecule has 0 aliphatic rings. The van der Waals surface area contributed by atoms with E-state index in [9.17, 15) is 4.39 Å². The number of aromatic nitrogens is 2. The minimum Gasteiger partial charge on any atom is -0.319 e. The van der Waals surface area contributed by atoms with Crippen LogP contribution in [0.3, 0.4) is 0 Å². The van der Waals surface area contributed by atoms with Gasteiger partial charge in [0.2, 0.25) is 0 Å². The van der Waals surface area contributed by atoms with Gasteiger partial charge in [0.05, 0.1) is 11.7 Å². The van der Waals surface area contributed by atoms with Crippen molar-refractivity contribution in [3.8, 4) is 0 Å². The van der Waals surface area contributed by atoms with Gasteiger partial charge >= 0.3 is 0 Å². The maximum atomic E-state index is 13.1. The summed E-state index contributed by atoms with van der Waals surface area (Å²) in [5.41, 5.74) is 8.00. The molecular weight excluding hydrogens is 297 g/mol. The average molecular weight is 312 g/mol. The predicted molar refractivity (Wildman–Crippen MR) is 72.7 cm³/mol. The van der Waals surface area contributed by atoms with E-state index in [0.29, 0.717) is 4.47 Å². The quantitative estimate of drug-likeness (QED) is 0.944. The van der Waals surface area contributed by atoms with Crippen LogP contribution in [0, 0.1) is 5.82 Å². The molecule has 1 aromatic heterocycles. The molecule has 0 aliphatic heterocycles.